The molecule has 0 saturated heterocycles. The third-order valence-corrected chi connectivity index (χ3v) is 7.88. The molecule has 2 heterocycles. The summed E-state index contributed by atoms with van der Waals surface area (Å²) in [6.45, 7) is 4.16. The van der Waals surface area contributed by atoms with Gasteiger partial charge in [0.15, 0.2) is 11.2 Å². The molecule has 0 atom stereocenters. The van der Waals surface area contributed by atoms with Gasteiger partial charge in [0.05, 0.1) is 11.7 Å². The second kappa shape index (κ2) is 10.2. The lowest BCUT2D eigenvalue weighted by atomic mass is 10.0. The Balaban J connectivity index is 1.30. The molecule has 202 valence electrons. The fourth-order valence-electron chi connectivity index (χ4n) is 5.12. The van der Waals surface area contributed by atoms with Crippen molar-refractivity contribution in [2.45, 2.75) is 13.8 Å². The van der Waals surface area contributed by atoms with E-state index < -0.39 is 10.9 Å². The maximum atomic E-state index is 12.9. The Morgan fingerprint density at radius 3 is 1.69 bits per heavy atom. The van der Waals surface area contributed by atoms with E-state index in [1.54, 1.807) is 30.5 Å². The second-order valence-electron chi connectivity index (χ2n) is 10.2. The summed E-state index contributed by atoms with van der Waals surface area (Å²) in [5, 5.41) is 0.564. The summed E-state index contributed by atoms with van der Waals surface area (Å²) < 4.78 is 8.93. The molecule has 0 fully saturated rings. The quantitative estimate of drug-likeness (QED) is 0.228. The van der Waals surface area contributed by atoms with Gasteiger partial charge in [0.2, 0.25) is 10.9 Å². The number of pyridine rings is 1. The van der Waals surface area contributed by atoms with Crippen molar-refractivity contribution in [3.05, 3.63) is 140 Å². The van der Waals surface area contributed by atoms with Crippen LogP contribution in [0.15, 0.2) is 118 Å². The second-order valence-corrected chi connectivity index (χ2v) is 10.7. The minimum absolute atomic E-state index is 0.151. The van der Waals surface area contributed by atoms with Gasteiger partial charge in [-0.05, 0) is 55.8 Å². The van der Waals surface area contributed by atoms with E-state index in [0.29, 0.717) is 21.8 Å². The predicted octanol–water partition coefficient (Wildman–Crippen LogP) is 6.82. The van der Waals surface area contributed by atoms with Gasteiger partial charge in [0.1, 0.15) is 11.0 Å². The molecular weight excluding hydrogens is 542 g/mol. The van der Waals surface area contributed by atoms with E-state index in [-0.39, 0.29) is 11.2 Å². The van der Waals surface area contributed by atoms with E-state index in [1.807, 2.05) is 12.1 Å². The maximum absolute atomic E-state index is 12.9. The molecule has 5 aromatic carbocycles. The molecule has 7 rings (SSSR count). The molecule has 0 spiro atoms. The molecule has 2 aromatic heterocycles. The normalized spacial score (nSPS) is 11.3. The molecule has 7 nitrogen and oxygen atoms in total. The van der Waals surface area contributed by atoms with E-state index in [2.05, 4.69) is 98.1 Å². The Labute approximate surface area is 244 Å². The van der Waals surface area contributed by atoms with Gasteiger partial charge in [0, 0.05) is 39.6 Å². The number of aryl methyl sites for hydroxylation is 2. The monoisotopic (exact) mass is 565 g/mol. The Morgan fingerprint density at radius 1 is 0.643 bits per heavy atom. The molecule has 0 aliphatic heterocycles. The van der Waals surface area contributed by atoms with Gasteiger partial charge < -0.3 is 4.90 Å². The van der Waals surface area contributed by atoms with Crippen LogP contribution in [-0.2, 0) is 0 Å². The van der Waals surface area contributed by atoms with Crippen molar-refractivity contribution in [2.75, 3.05) is 4.90 Å². The Kier molecular flexibility index (Phi) is 6.25. The first kappa shape index (κ1) is 25.6. The van der Waals surface area contributed by atoms with Gasteiger partial charge in [-0.3, -0.25) is 9.59 Å². The number of nitrogens with zero attached hydrogens (tertiary/aromatic N) is 5. The lowest BCUT2D eigenvalue weighted by Gasteiger charge is -2.26. The summed E-state index contributed by atoms with van der Waals surface area (Å²) in [6.07, 6.45) is 1.67. The van der Waals surface area contributed by atoms with Gasteiger partial charge in [-0.25, -0.2) is 9.98 Å². The fraction of sp³-hybridized carbons (Fsp3) is 0.0588. The Morgan fingerprint density at radius 2 is 1.14 bits per heavy atom. The van der Waals surface area contributed by atoms with Crippen molar-refractivity contribution >= 4 is 56.4 Å². The summed E-state index contributed by atoms with van der Waals surface area (Å²) >= 11 is 1.04. The van der Waals surface area contributed by atoms with Gasteiger partial charge in [-0.1, -0.05) is 71.8 Å². The third kappa shape index (κ3) is 4.38. The summed E-state index contributed by atoms with van der Waals surface area (Å²) in [5.41, 5.74) is 7.50. The largest absolute Gasteiger partial charge is 0.311 e. The maximum Gasteiger partial charge on any atom is 0.216 e. The molecule has 0 saturated carbocycles. The smallest absolute Gasteiger partial charge is 0.216 e. The summed E-state index contributed by atoms with van der Waals surface area (Å²) in [4.78, 5) is 36.9. The predicted molar refractivity (Wildman–Crippen MR) is 169 cm³/mol. The molecule has 0 aliphatic carbocycles. The first-order valence-electron chi connectivity index (χ1n) is 13.4. The molecule has 0 amide bonds. The number of anilines is 3. The highest BCUT2D eigenvalue weighted by atomic mass is 32.1. The molecule has 0 unspecified atom stereocenters. The number of hydrogen-bond donors (Lipinski definition) is 0. The lowest BCUT2D eigenvalue weighted by molar-refractivity contribution is 1.22. The zero-order valence-corrected chi connectivity index (χ0v) is 23.6. The van der Waals surface area contributed by atoms with Crippen LogP contribution in [0.4, 0.5) is 22.9 Å². The van der Waals surface area contributed by atoms with Crippen LogP contribution in [0.3, 0.4) is 0 Å². The highest BCUT2D eigenvalue weighted by Crippen LogP contribution is 2.37. The van der Waals surface area contributed by atoms with E-state index >= 15 is 0 Å². The fourth-order valence-corrected chi connectivity index (χ4v) is 5.68. The van der Waals surface area contributed by atoms with Gasteiger partial charge in [-0.2, -0.15) is 8.75 Å². The van der Waals surface area contributed by atoms with Crippen molar-refractivity contribution in [3.63, 3.8) is 0 Å². The van der Waals surface area contributed by atoms with Crippen molar-refractivity contribution < 1.29 is 0 Å². The molecule has 42 heavy (non-hydrogen) atoms. The van der Waals surface area contributed by atoms with E-state index in [9.17, 15) is 9.59 Å². The van der Waals surface area contributed by atoms with Crippen LogP contribution in [0.25, 0.3) is 32.9 Å². The standard InChI is InChI=1S/C34H23N5O2S/c1-20-7-13-23(14-8-20)39(24-15-9-21(2)10-16-24)25-17-11-22(12-18-25)28-19-35-34(30-29(28)37-42-38-30)36-31-32(40)26-5-3-4-6-27(26)33(31)41/h3-19H,1-2H3. The average Bonchev–Trinajstić information content (AvgIpc) is 3.60. The summed E-state index contributed by atoms with van der Waals surface area (Å²) in [5.74, 6) is 0.202. The molecule has 0 N–H and O–H groups in total. The molecule has 0 aliphatic rings. The van der Waals surface area contributed by atoms with Crippen molar-refractivity contribution in [2.24, 2.45) is 4.99 Å². The molecule has 7 aromatic rings. The zero-order valence-electron chi connectivity index (χ0n) is 22.8. The first-order valence-corrected chi connectivity index (χ1v) is 14.1. The topological polar surface area (TPSA) is 88.4 Å². The molecular formula is C34H23N5O2S. The van der Waals surface area contributed by atoms with Crippen LogP contribution in [0.5, 0.6) is 0 Å². The lowest BCUT2D eigenvalue weighted by Crippen LogP contribution is -2.31. The Bertz CT molecular complexity index is 2150. The van der Waals surface area contributed by atoms with Crippen LogP contribution in [0.1, 0.15) is 11.1 Å². The molecule has 0 radical (unpaired) electrons. The summed E-state index contributed by atoms with van der Waals surface area (Å²) in [6, 6.07) is 31.9. The van der Waals surface area contributed by atoms with Crippen molar-refractivity contribution in [3.8, 4) is 11.1 Å². The van der Waals surface area contributed by atoms with Gasteiger partial charge in [-0.15, -0.1) is 0 Å². The van der Waals surface area contributed by atoms with E-state index in [4.69, 9.17) is 0 Å². The van der Waals surface area contributed by atoms with Crippen LogP contribution in [-0.4, -0.2) is 13.7 Å². The molecule has 8 heteroatoms. The van der Waals surface area contributed by atoms with Gasteiger partial charge in [0.25, 0.3) is 0 Å². The summed E-state index contributed by atoms with van der Waals surface area (Å²) in [7, 11) is 0. The van der Waals surface area contributed by atoms with Crippen molar-refractivity contribution in [1.82, 2.24) is 13.7 Å². The minimum Gasteiger partial charge on any atom is -0.311 e. The number of hydrogen-bond acceptors (Lipinski definition) is 8. The number of aromatic nitrogens is 3. The third-order valence-electron chi connectivity index (χ3n) is 7.36. The zero-order chi connectivity index (χ0) is 28.8. The molecule has 0 bridgehead atoms. The highest BCUT2D eigenvalue weighted by molar-refractivity contribution is 7.00. The average molecular weight is 566 g/mol. The highest BCUT2D eigenvalue weighted by Gasteiger charge is 2.17. The Hall–Kier alpha value is -5.34. The van der Waals surface area contributed by atoms with E-state index in [0.717, 1.165) is 39.9 Å². The first-order chi connectivity index (χ1) is 20.5. The van der Waals surface area contributed by atoms with Crippen LogP contribution < -0.4 is 21.1 Å². The van der Waals surface area contributed by atoms with Gasteiger partial charge >= 0.3 is 0 Å². The van der Waals surface area contributed by atoms with Crippen LogP contribution in [0.2, 0.25) is 0 Å². The van der Waals surface area contributed by atoms with Crippen molar-refractivity contribution in [1.29, 1.82) is 0 Å². The SMILES string of the molecule is Cc1ccc(N(c2ccc(C)cc2)c2ccc(-c3cnc(N=c4c(=O)c5ccccc5c4=O)c4nsnc34)cc2)cc1. The van der Waals surface area contributed by atoms with Crippen LogP contribution in [0, 0.1) is 13.8 Å². The number of rotatable bonds is 5. The van der Waals surface area contributed by atoms with E-state index in [1.165, 1.54) is 11.1 Å². The number of benzene rings is 4. The number of fused-ring (bicyclic) bond motifs is 2. The van der Waals surface area contributed by atoms with Crippen LogP contribution >= 0.6 is 11.7 Å². The minimum atomic E-state index is -0.403.